The van der Waals surface area contributed by atoms with Gasteiger partial charge in [-0.3, -0.25) is 9.78 Å². The molecule has 7 nitrogen and oxygen atoms in total. The molecule has 1 aromatic carbocycles. The molecule has 0 saturated heterocycles. The number of nitrogens with zero attached hydrogens (tertiary/aromatic N) is 1. The second-order valence-electron chi connectivity index (χ2n) is 6.92. The van der Waals surface area contributed by atoms with Crippen LogP contribution in [0.15, 0.2) is 54.9 Å². The zero-order chi connectivity index (χ0) is 19.7. The van der Waals surface area contributed by atoms with Crippen molar-refractivity contribution in [1.82, 2.24) is 10.3 Å². The van der Waals surface area contributed by atoms with Gasteiger partial charge in [-0.05, 0) is 38.5 Å². The van der Waals surface area contributed by atoms with E-state index < -0.39 is 23.6 Å². The highest BCUT2D eigenvalue weighted by atomic mass is 16.6. The van der Waals surface area contributed by atoms with Crippen LogP contribution >= 0.6 is 0 Å². The maximum absolute atomic E-state index is 12.6. The third kappa shape index (κ3) is 7.87. The SMILES string of the molecule is CC(C)(C)OC(=O)NC(COCc1ccccc1)C(=O)Nc1ccncc1. The lowest BCUT2D eigenvalue weighted by atomic mass is 10.2. The van der Waals surface area contributed by atoms with Crippen LogP contribution in [0.25, 0.3) is 0 Å². The Kier molecular flexibility index (Phi) is 7.31. The predicted octanol–water partition coefficient (Wildman–Crippen LogP) is 3.13. The summed E-state index contributed by atoms with van der Waals surface area (Å²) in [5.41, 5.74) is 0.887. The van der Waals surface area contributed by atoms with Crippen molar-refractivity contribution >= 4 is 17.7 Å². The molecular weight excluding hydrogens is 346 g/mol. The van der Waals surface area contributed by atoms with Gasteiger partial charge in [0.05, 0.1) is 13.2 Å². The van der Waals surface area contributed by atoms with E-state index >= 15 is 0 Å². The van der Waals surface area contributed by atoms with Crippen molar-refractivity contribution < 1.29 is 19.1 Å². The molecule has 1 atom stereocenters. The summed E-state index contributed by atoms with van der Waals surface area (Å²) in [7, 11) is 0. The van der Waals surface area contributed by atoms with Gasteiger partial charge in [0.15, 0.2) is 0 Å². The summed E-state index contributed by atoms with van der Waals surface area (Å²) in [6, 6.07) is 12.0. The van der Waals surface area contributed by atoms with Gasteiger partial charge in [0.1, 0.15) is 11.6 Å². The van der Waals surface area contributed by atoms with Crippen LogP contribution in [-0.4, -0.2) is 35.2 Å². The first kappa shape index (κ1) is 20.4. The minimum absolute atomic E-state index is 0.00501. The molecule has 1 aromatic heterocycles. The molecule has 0 aliphatic rings. The van der Waals surface area contributed by atoms with Gasteiger partial charge in [-0.15, -0.1) is 0 Å². The van der Waals surface area contributed by atoms with Crippen molar-refractivity contribution in [2.24, 2.45) is 0 Å². The number of anilines is 1. The Morgan fingerprint density at radius 2 is 1.74 bits per heavy atom. The predicted molar refractivity (Wildman–Crippen MR) is 102 cm³/mol. The zero-order valence-electron chi connectivity index (χ0n) is 15.8. The number of pyridine rings is 1. The van der Waals surface area contributed by atoms with E-state index in [-0.39, 0.29) is 6.61 Å². The maximum Gasteiger partial charge on any atom is 0.408 e. The average molecular weight is 371 g/mol. The third-order valence-corrected chi connectivity index (χ3v) is 3.35. The molecule has 0 bridgehead atoms. The highest BCUT2D eigenvalue weighted by Gasteiger charge is 2.24. The molecule has 2 amide bonds. The van der Waals surface area contributed by atoms with Crippen molar-refractivity contribution in [2.75, 3.05) is 11.9 Å². The van der Waals surface area contributed by atoms with Crippen molar-refractivity contribution in [3.05, 3.63) is 60.4 Å². The van der Waals surface area contributed by atoms with E-state index in [1.807, 2.05) is 30.3 Å². The molecule has 27 heavy (non-hydrogen) atoms. The normalized spacial score (nSPS) is 12.1. The highest BCUT2D eigenvalue weighted by Crippen LogP contribution is 2.09. The van der Waals surface area contributed by atoms with Gasteiger partial charge in [0, 0.05) is 18.1 Å². The molecule has 1 heterocycles. The van der Waals surface area contributed by atoms with Crippen LogP contribution in [-0.2, 0) is 20.9 Å². The largest absolute Gasteiger partial charge is 0.444 e. The Balaban J connectivity index is 1.98. The molecule has 0 fully saturated rings. The summed E-state index contributed by atoms with van der Waals surface area (Å²) in [4.78, 5) is 28.6. The standard InChI is InChI=1S/C20H25N3O4/c1-20(2,3)27-19(25)23-17(14-26-13-15-7-5-4-6-8-15)18(24)22-16-9-11-21-12-10-16/h4-12,17H,13-14H2,1-3H3,(H,23,25)(H,21,22,24). The van der Waals surface area contributed by atoms with Crippen LogP contribution in [0.5, 0.6) is 0 Å². The summed E-state index contributed by atoms with van der Waals surface area (Å²) < 4.78 is 10.9. The van der Waals surface area contributed by atoms with Gasteiger partial charge in [-0.2, -0.15) is 0 Å². The zero-order valence-corrected chi connectivity index (χ0v) is 15.8. The minimum Gasteiger partial charge on any atom is -0.444 e. The fraction of sp³-hybridized carbons (Fsp3) is 0.350. The van der Waals surface area contributed by atoms with Crippen LogP contribution in [0.4, 0.5) is 10.5 Å². The summed E-state index contributed by atoms with van der Waals surface area (Å²) in [6.45, 7) is 5.60. The summed E-state index contributed by atoms with van der Waals surface area (Å²) in [5, 5.41) is 5.30. The maximum atomic E-state index is 12.6. The molecule has 7 heteroatoms. The van der Waals surface area contributed by atoms with E-state index in [2.05, 4.69) is 15.6 Å². The van der Waals surface area contributed by atoms with Crippen molar-refractivity contribution in [2.45, 2.75) is 39.0 Å². The first-order valence-electron chi connectivity index (χ1n) is 8.65. The second kappa shape index (κ2) is 9.68. The van der Waals surface area contributed by atoms with Gasteiger partial charge in [-0.25, -0.2) is 4.79 Å². The lowest BCUT2D eigenvalue weighted by molar-refractivity contribution is -0.119. The molecule has 2 rings (SSSR count). The second-order valence-corrected chi connectivity index (χ2v) is 6.92. The number of rotatable bonds is 7. The number of alkyl carbamates (subject to hydrolysis) is 1. The Morgan fingerprint density at radius 3 is 2.37 bits per heavy atom. The van der Waals surface area contributed by atoms with Gasteiger partial charge >= 0.3 is 6.09 Å². The Labute approximate surface area is 159 Å². The molecule has 0 aliphatic heterocycles. The van der Waals surface area contributed by atoms with E-state index in [1.54, 1.807) is 45.3 Å². The molecule has 0 spiro atoms. The van der Waals surface area contributed by atoms with E-state index in [4.69, 9.17) is 9.47 Å². The number of hydrogen-bond acceptors (Lipinski definition) is 5. The monoisotopic (exact) mass is 371 g/mol. The van der Waals surface area contributed by atoms with Crippen LogP contribution in [0, 0.1) is 0 Å². The Bertz CT molecular complexity index is 730. The van der Waals surface area contributed by atoms with E-state index in [9.17, 15) is 9.59 Å². The molecular formula is C20H25N3O4. The molecule has 0 aliphatic carbocycles. The summed E-state index contributed by atoms with van der Waals surface area (Å²) >= 11 is 0. The number of amides is 2. The average Bonchev–Trinajstić information content (AvgIpc) is 2.61. The van der Waals surface area contributed by atoms with Crippen LogP contribution in [0.2, 0.25) is 0 Å². The Morgan fingerprint density at radius 1 is 1.07 bits per heavy atom. The van der Waals surface area contributed by atoms with Crippen molar-refractivity contribution in [1.29, 1.82) is 0 Å². The van der Waals surface area contributed by atoms with Gasteiger partial charge in [0.2, 0.25) is 5.91 Å². The van der Waals surface area contributed by atoms with Gasteiger partial charge in [-0.1, -0.05) is 30.3 Å². The fourth-order valence-corrected chi connectivity index (χ4v) is 2.17. The Hall–Kier alpha value is -2.93. The first-order chi connectivity index (χ1) is 12.8. The summed E-state index contributed by atoms with van der Waals surface area (Å²) in [5.74, 6) is -0.403. The number of carbonyl (C=O) groups excluding carboxylic acids is 2. The molecule has 0 saturated carbocycles. The van der Waals surface area contributed by atoms with Crippen molar-refractivity contribution in [3.63, 3.8) is 0 Å². The fourth-order valence-electron chi connectivity index (χ4n) is 2.17. The molecule has 1 unspecified atom stereocenters. The number of carbonyl (C=O) groups is 2. The molecule has 144 valence electrons. The van der Waals surface area contributed by atoms with Crippen LogP contribution < -0.4 is 10.6 Å². The van der Waals surface area contributed by atoms with Gasteiger partial charge in [0.25, 0.3) is 0 Å². The van der Waals surface area contributed by atoms with E-state index in [0.717, 1.165) is 5.56 Å². The van der Waals surface area contributed by atoms with Crippen molar-refractivity contribution in [3.8, 4) is 0 Å². The highest BCUT2D eigenvalue weighted by molar-refractivity contribution is 5.96. The number of hydrogen-bond donors (Lipinski definition) is 2. The van der Waals surface area contributed by atoms with E-state index in [1.165, 1.54) is 0 Å². The number of ether oxygens (including phenoxy) is 2. The van der Waals surface area contributed by atoms with Crippen LogP contribution in [0.3, 0.4) is 0 Å². The van der Waals surface area contributed by atoms with E-state index in [0.29, 0.717) is 12.3 Å². The molecule has 2 aromatic rings. The first-order valence-corrected chi connectivity index (χ1v) is 8.65. The molecule has 2 N–H and O–H groups in total. The minimum atomic E-state index is -0.906. The van der Waals surface area contributed by atoms with Gasteiger partial charge < -0.3 is 20.1 Å². The number of aromatic nitrogens is 1. The summed E-state index contributed by atoms with van der Waals surface area (Å²) in [6.07, 6.45) is 2.45. The third-order valence-electron chi connectivity index (χ3n) is 3.35. The quantitative estimate of drug-likeness (QED) is 0.780. The lowest BCUT2D eigenvalue weighted by Gasteiger charge is -2.23. The topological polar surface area (TPSA) is 89.5 Å². The molecule has 0 radical (unpaired) electrons. The van der Waals surface area contributed by atoms with Crippen LogP contribution in [0.1, 0.15) is 26.3 Å². The number of nitrogens with one attached hydrogen (secondary N) is 2. The number of benzene rings is 1. The smallest absolute Gasteiger partial charge is 0.408 e. The lowest BCUT2D eigenvalue weighted by Crippen LogP contribution is -2.48.